The lowest BCUT2D eigenvalue weighted by atomic mass is 10.1. The van der Waals surface area contributed by atoms with Gasteiger partial charge in [-0.1, -0.05) is 18.2 Å². The zero-order valence-electron chi connectivity index (χ0n) is 16.9. The number of halogens is 1. The van der Waals surface area contributed by atoms with Crippen molar-refractivity contribution in [1.82, 2.24) is 15.0 Å². The average Bonchev–Trinajstić information content (AvgIpc) is 3.10. The van der Waals surface area contributed by atoms with Crippen LogP contribution in [-0.2, 0) is 6.42 Å². The smallest absolute Gasteiger partial charge is 0.165 e. The molecule has 0 spiro atoms. The highest BCUT2D eigenvalue weighted by Gasteiger charge is 2.10. The third kappa shape index (κ3) is 5.07. The van der Waals surface area contributed by atoms with E-state index in [1.807, 2.05) is 43.4 Å². The minimum absolute atomic E-state index is 0.354. The Kier molecular flexibility index (Phi) is 6.39. The number of hydrogen-bond acceptors (Lipinski definition) is 5. The highest BCUT2D eigenvalue weighted by molar-refractivity contribution is 5.83. The maximum absolute atomic E-state index is 13.5. The third-order valence-corrected chi connectivity index (χ3v) is 4.39. The highest BCUT2D eigenvalue weighted by Crippen LogP contribution is 2.22. The van der Waals surface area contributed by atoms with Crippen molar-refractivity contribution in [2.24, 2.45) is 4.99 Å². The molecular weight excluding hydrogens is 367 g/mol. The topological polar surface area (TPSA) is 69.2 Å². The zero-order valence-corrected chi connectivity index (χ0v) is 16.9. The van der Waals surface area contributed by atoms with Gasteiger partial charge in [-0.3, -0.25) is 4.99 Å². The van der Waals surface area contributed by atoms with Gasteiger partial charge < -0.3 is 15.2 Å². The summed E-state index contributed by atoms with van der Waals surface area (Å²) < 4.78 is 13.5. The van der Waals surface area contributed by atoms with Crippen LogP contribution in [0.2, 0.25) is 0 Å². The maximum atomic E-state index is 13.5. The first-order valence-electron chi connectivity index (χ1n) is 9.33. The summed E-state index contributed by atoms with van der Waals surface area (Å²) in [5.74, 6) is 1.41. The standard InChI is InChI=1S/C22H25FN6/c1-15(23)11-17(13-24-2)22-27-20(12-21(28-22)29(3)4)25-10-9-16-14-26-19-8-6-5-7-18(16)19/h5-8,11-14,26H,2,9-10H2,1,3-4H3,(H,25,27,28)/b15-11+,17-13+. The van der Waals surface area contributed by atoms with Crippen LogP contribution in [0, 0.1) is 0 Å². The van der Waals surface area contributed by atoms with Gasteiger partial charge in [-0.15, -0.1) is 0 Å². The normalized spacial score (nSPS) is 12.3. The fraction of sp³-hybridized carbons (Fsp3) is 0.227. The Morgan fingerprint density at radius 2 is 2.10 bits per heavy atom. The Morgan fingerprint density at radius 3 is 2.83 bits per heavy atom. The van der Waals surface area contributed by atoms with E-state index in [2.05, 4.69) is 44.1 Å². The van der Waals surface area contributed by atoms with Crippen molar-refractivity contribution in [3.05, 3.63) is 66.0 Å². The van der Waals surface area contributed by atoms with E-state index < -0.39 is 0 Å². The van der Waals surface area contributed by atoms with Crippen LogP contribution in [0.5, 0.6) is 0 Å². The Balaban J connectivity index is 1.82. The summed E-state index contributed by atoms with van der Waals surface area (Å²) in [7, 11) is 3.79. The lowest BCUT2D eigenvalue weighted by Crippen LogP contribution is -2.14. The molecule has 0 aliphatic carbocycles. The molecule has 0 aliphatic heterocycles. The number of rotatable bonds is 8. The molecule has 150 valence electrons. The number of hydrogen-bond donors (Lipinski definition) is 2. The summed E-state index contributed by atoms with van der Waals surface area (Å²) in [6.45, 7) is 5.52. The van der Waals surface area contributed by atoms with Crippen LogP contribution in [-0.4, -0.2) is 42.3 Å². The lowest BCUT2D eigenvalue weighted by molar-refractivity contribution is 0.641. The second-order valence-electron chi connectivity index (χ2n) is 6.86. The Morgan fingerprint density at radius 1 is 1.31 bits per heavy atom. The van der Waals surface area contributed by atoms with Gasteiger partial charge in [0.25, 0.3) is 0 Å². The van der Waals surface area contributed by atoms with E-state index in [9.17, 15) is 4.39 Å². The van der Waals surface area contributed by atoms with Gasteiger partial charge in [0.15, 0.2) is 5.82 Å². The van der Waals surface area contributed by atoms with Crippen molar-refractivity contribution in [3.8, 4) is 0 Å². The third-order valence-electron chi connectivity index (χ3n) is 4.39. The molecule has 6 nitrogen and oxygen atoms in total. The van der Waals surface area contributed by atoms with Crippen LogP contribution in [0.3, 0.4) is 0 Å². The number of nitrogens with one attached hydrogen (secondary N) is 2. The van der Waals surface area contributed by atoms with Crippen molar-refractivity contribution in [2.75, 3.05) is 30.9 Å². The first-order valence-corrected chi connectivity index (χ1v) is 9.33. The van der Waals surface area contributed by atoms with Gasteiger partial charge in [-0.25, -0.2) is 14.4 Å². The van der Waals surface area contributed by atoms with E-state index >= 15 is 0 Å². The second kappa shape index (κ2) is 9.14. The number of allylic oxidation sites excluding steroid dienone is 3. The van der Waals surface area contributed by atoms with Gasteiger partial charge in [0.05, 0.1) is 5.83 Å². The molecule has 0 aliphatic rings. The van der Waals surface area contributed by atoms with Gasteiger partial charge in [-0.05, 0) is 37.8 Å². The number of aliphatic imine (C=N–C) groups is 1. The lowest BCUT2D eigenvalue weighted by Gasteiger charge is -2.15. The molecule has 29 heavy (non-hydrogen) atoms. The van der Waals surface area contributed by atoms with Crippen LogP contribution in [0.15, 0.2) is 59.6 Å². The summed E-state index contributed by atoms with van der Waals surface area (Å²) in [5.41, 5.74) is 2.83. The number of anilines is 2. The van der Waals surface area contributed by atoms with E-state index in [1.165, 1.54) is 30.1 Å². The molecule has 0 saturated carbocycles. The number of nitrogens with zero attached hydrogens (tertiary/aromatic N) is 4. The Bertz CT molecular complexity index is 1060. The molecule has 2 aromatic heterocycles. The molecule has 7 heteroatoms. The minimum atomic E-state index is -0.354. The van der Waals surface area contributed by atoms with Crippen molar-refractivity contribution in [3.63, 3.8) is 0 Å². The van der Waals surface area contributed by atoms with Gasteiger partial charge in [0.1, 0.15) is 11.6 Å². The number of fused-ring (bicyclic) bond motifs is 1. The fourth-order valence-electron chi connectivity index (χ4n) is 3.02. The Hall–Kier alpha value is -3.48. The fourth-order valence-corrected chi connectivity index (χ4v) is 3.02. The minimum Gasteiger partial charge on any atom is -0.370 e. The summed E-state index contributed by atoms with van der Waals surface area (Å²) in [5, 5.41) is 4.57. The van der Waals surface area contributed by atoms with E-state index in [4.69, 9.17) is 0 Å². The first-order chi connectivity index (χ1) is 14.0. The molecule has 0 fully saturated rings. The van der Waals surface area contributed by atoms with E-state index in [1.54, 1.807) is 0 Å². The number of benzene rings is 1. The molecule has 3 rings (SSSR count). The first kappa shape index (κ1) is 20.3. The van der Waals surface area contributed by atoms with Crippen LogP contribution in [0.25, 0.3) is 16.5 Å². The number of para-hydroxylation sites is 1. The summed E-state index contributed by atoms with van der Waals surface area (Å²) in [6, 6.07) is 10.1. The van der Waals surface area contributed by atoms with Gasteiger partial charge >= 0.3 is 0 Å². The van der Waals surface area contributed by atoms with E-state index in [-0.39, 0.29) is 5.83 Å². The summed E-state index contributed by atoms with van der Waals surface area (Å²) >= 11 is 0. The monoisotopic (exact) mass is 392 g/mol. The molecule has 0 atom stereocenters. The molecule has 3 aromatic rings. The molecule has 0 amide bonds. The van der Waals surface area contributed by atoms with Crippen molar-refractivity contribution < 1.29 is 4.39 Å². The van der Waals surface area contributed by atoms with Crippen molar-refractivity contribution in [2.45, 2.75) is 13.3 Å². The zero-order chi connectivity index (χ0) is 20.8. The number of aromatic nitrogens is 3. The number of H-pyrrole nitrogens is 1. The van der Waals surface area contributed by atoms with E-state index in [0.717, 1.165) is 11.9 Å². The Labute approximate surface area is 169 Å². The molecule has 2 heterocycles. The second-order valence-corrected chi connectivity index (χ2v) is 6.86. The molecule has 0 unspecified atom stereocenters. The quantitative estimate of drug-likeness (QED) is 0.434. The van der Waals surface area contributed by atoms with Crippen LogP contribution >= 0.6 is 0 Å². The average molecular weight is 392 g/mol. The predicted molar refractivity (Wildman–Crippen MR) is 119 cm³/mol. The van der Waals surface area contributed by atoms with E-state index in [0.29, 0.717) is 29.6 Å². The van der Waals surface area contributed by atoms with Crippen molar-refractivity contribution >= 4 is 34.8 Å². The molecule has 1 aromatic carbocycles. The van der Waals surface area contributed by atoms with Gasteiger partial charge in [0, 0.05) is 55.6 Å². The summed E-state index contributed by atoms with van der Waals surface area (Å²) in [6.07, 6.45) is 5.67. The van der Waals surface area contributed by atoms with Crippen LogP contribution < -0.4 is 10.2 Å². The van der Waals surface area contributed by atoms with Crippen LogP contribution in [0.1, 0.15) is 18.3 Å². The largest absolute Gasteiger partial charge is 0.370 e. The molecule has 0 bridgehead atoms. The molecule has 0 radical (unpaired) electrons. The molecule has 2 N–H and O–H groups in total. The SMILES string of the molecule is C=N/C=C(\C=C(/C)F)c1nc(NCCc2c[nH]c3ccccc23)cc(N(C)C)n1. The molecule has 0 saturated heterocycles. The van der Waals surface area contributed by atoms with Gasteiger partial charge in [-0.2, -0.15) is 0 Å². The summed E-state index contributed by atoms with van der Waals surface area (Å²) in [4.78, 5) is 18.0. The van der Waals surface area contributed by atoms with Crippen molar-refractivity contribution in [1.29, 1.82) is 0 Å². The number of aromatic amines is 1. The maximum Gasteiger partial charge on any atom is 0.165 e. The molecular formula is C22H25FN6. The highest BCUT2D eigenvalue weighted by atomic mass is 19.1. The predicted octanol–water partition coefficient (Wildman–Crippen LogP) is 4.59. The van der Waals surface area contributed by atoms with Gasteiger partial charge in [0.2, 0.25) is 0 Å². The van der Waals surface area contributed by atoms with Crippen LogP contribution in [0.4, 0.5) is 16.0 Å².